The monoisotopic (exact) mass is 210 g/mol. The van der Waals surface area contributed by atoms with Crippen molar-refractivity contribution in [1.82, 2.24) is 0 Å². The molecule has 0 spiro atoms. The van der Waals surface area contributed by atoms with E-state index in [1.165, 1.54) is 0 Å². The molecule has 0 aromatic heterocycles. The van der Waals surface area contributed by atoms with E-state index in [0.717, 1.165) is 21.9 Å². The molecule has 4 heteroatoms. The Bertz CT molecular complexity index is 588. The number of hydrazone groups is 2. The molecule has 0 heterocycles. The summed E-state index contributed by atoms with van der Waals surface area (Å²) in [5, 5.41) is 9.84. The van der Waals surface area contributed by atoms with E-state index in [0.29, 0.717) is 11.4 Å². The Kier molecular flexibility index (Phi) is 1.71. The predicted octanol–water partition coefficient (Wildman–Crippen LogP) is 1.18. The first kappa shape index (κ1) is 8.91. The zero-order valence-electron chi connectivity index (χ0n) is 8.51. The Labute approximate surface area is 92.2 Å². The summed E-state index contributed by atoms with van der Waals surface area (Å²) >= 11 is 0. The molecule has 0 radical (unpaired) electrons. The van der Waals surface area contributed by atoms with Crippen LogP contribution in [0, 0.1) is 0 Å². The van der Waals surface area contributed by atoms with Crippen LogP contribution in [0.4, 0.5) is 0 Å². The summed E-state index contributed by atoms with van der Waals surface area (Å²) in [6.45, 7) is 0. The Balaban J connectivity index is 2.53. The van der Waals surface area contributed by atoms with E-state index in [4.69, 9.17) is 11.7 Å². The summed E-state index contributed by atoms with van der Waals surface area (Å²) in [7, 11) is 0. The van der Waals surface area contributed by atoms with Gasteiger partial charge in [0.25, 0.3) is 0 Å². The lowest BCUT2D eigenvalue weighted by Crippen LogP contribution is -2.14. The molecule has 4 N–H and O–H groups in total. The lowest BCUT2D eigenvalue weighted by molar-refractivity contribution is 1.23. The van der Waals surface area contributed by atoms with Gasteiger partial charge in [-0.25, -0.2) is 0 Å². The van der Waals surface area contributed by atoms with Gasteiger partial charge in [-0.2, -0.15) is 10.2 Å². The number of benzene rings is 2. The molecular weight excluding hydrogens is 200 g/mol. The molecule has 0 aliphatic heterocycles. The Morgan fingerprint density at radius 3 is 1.69 bits per heavy atom. The standard InChI is InChI=1S/C12H10N4/c13-15-11-8-5-1-3-7-4-2-6-9(10(7)8)12(11)16-14/h1-6H,13-14H2/b15-11+,16-12+. The third-order valence-electron chi connectivity index (χ3n) is 2.90. The number of nitrogens with zero attached hydrogens (tertiary/aromatic N) is 2. The van der Waals surface area contributed by atoms with Crippen LogP contribution in [0.3, 0.4) is 0 Å². The smallest absolute Gasteiger partial charge is 0.119 e. The Morgan fingerprint density at radius 2 is 1.25 bits per heavy atom. The molecule has 0 atom stereocenters. The summed E-state index contributed by atoms with van der Waals surface area (Å²) in [4.78, 5) is 0. The van der Waals surface area contributed by atoms with E-state index >= 15 is 0 Å². The number of hydrogen-bond donors (Lipinski definition) is 2. The van der Waals surface area contributed by atoms with E-state index in [2.05, 4.69) is 22.3 Å². The van der Waals surface area contributed by atoms with Crippen LogP contribution in [0.1, 0.15) is 11.1 Å². The van der Waals surface area contributed by atoms with Crippen LogP contribution in [0.15, 0.2) is 46.6 Å². The van der Waals surface area contributed by atoms with E-state index in [1.54, 1.807) is 0 Å². The van der Waals surface area contributed by atoms with Crippen LogP contribution in [-0.2, 0) is 0 Å². The van der Waals surface area contributed by atoms with Crippen molar-refractivity contribution >= 4 is 22.2 Å². The molecule has 0 bridgehead atoms. The van der Waals surface area contributed by atoms with E-state index in [9.17, 15) is 0 Å². The highest BCUT2D eigenvalue weighted by Gasteiger charge is 2.26. The molecule has 3 rings (SSSR count). The summed E-state index contributed by atoms with van der Waals surface area (Å²) < 4.78 is 0. The second kappa shape index (κ2) is 3.06. The maximum atomic E-state index is 5.41. The topological polar surface area (TPSA) is 76.8 Å². The van der Waals surface area contributed by atoms with Crippen molar-refractivity contribution in [1.29, 1.82) is 0 Å². The fraction of sp³-hybridized carbons (Fsp3) is 0. The summed E-state index contributed by atoms with van der Waals surface area (Å²) in [5.74, 6) is 10.8. The minimum atomic E-state index is 0.661. The third-order valence-corrected chi connectivity index (χ3v) is 2.90. The fourth-order valence-electron chi connectivity index (χ4n) is 2.25. The van der Waals surface area contributed by atoms with Crippen molar-refractivity contribution in [3.63, 3.8) is 0 Å². The average molecular weight is 210 g/mol. The van der Waals surface area contributed by atoms with Crippen LogP contribution in [0.2, 0.25) is 0 Å². The number of rotatable bonds is 0. The lowest BCUT2D eigenvalue weighted by Gasteiger charge is -1.98. The summed E-state index contributed by atoms with van der Waals surface area (Å²) in [6.07, 6.45) is 0. The normalized spacial score (nSPS) is 18.8. The van der Waals surface area contributed by atoms with E-state index in [1.807, 2.05) is 24.3 Å². The molecule has 1 aliphatic rings. The van der Waals surface area contributed by atoms with Gasteiger partial charge >= 0.3 is 0 Å². The Morgan fingerprint density at radius 1 is 0.750 bits per heavy atom. The summed E-state index contributed by atoms with van der Waals surface area (Å²) in [5.41, 5.74) is 3.32. The van der Waals surface area contributed by atoms with E-state index < -0.39 is 0 Å². The molecule has 0 unspecified atom stereocenters. The van der Waals surface area contributed by atoms with Gasteiger partial charge in [-0.05, 0) is 5.39 Å². The summed E-state index contributed by atoms with van der Waals surface area (Å²) in [6, 6.07) is 12.0. The highest BCUT2D eigenvalue weighted by molar-refractivity contribution is 6.60. The molecule has 2 aromatic carbocycles. The molecule has 16 heavy (non-hydrogen) atoms. The van der Waals surface area contributed by atoms with Crippen LogP contribution in [0.25, 0.3) is 10.8 Å². The third kappa shape index (κ3) is 0.930. The SMILES string of the molecule is N/N=C1/C(=N/N)c2cccc3cccc1c23. The van der Waals surface area contributed by atoms with Gasteiger partial charge in [0, 0.05) is 16.5 Å². The lowest BCUT2D eigenvalue weighted by atomic mass is 10.1. The molecule has 0 saturated heterocycles. The van der Waals surface area contributed by atoms with Gasteiger partial charge in [-0.1, -0.05) is 36.4 Å². The second-order valence-electron chi connectivity index (χ2n) is 3.66. The zero-order valence-corrected chi connectivity index (χ0v) is 8.51. The first-order chi connectivity index (χ1) is 7.86. The van der Waals surface area contributed by atoms with Gasteiger partial charge in [-0.15, -0.1) is 0 Å². The van der Waals surface area contributed by atoms with Crippen molar-refractivity contribution in [2.45, 2.75) is 0 Å². The molecule has 4 nitrogen and oxygen atoms in total. The Hall–Kier alpha value is -2.36. The molecule has 2 aromatic rings. The molecule has 0 fully saturated rings. The minimum Gasteiger partial charge on any atom is -0.323 e. The quantitative estimate of drug-likeness (QED) is 0.506. The van der Waals surface area contributed by atoms with Gasteiger partial charge in [0.2, 0.25) is 0 Å². The molecule has 1 aliphatic carbocycles. The largest absolute Gasteiger partial charge is 0.323 e. The van der Waals surface area contributed by atoms with Crippen molar-refractivity contribution in [3.05, 3.63) is 47.5 Å². The van der Waals surface area contributed by atoms with Crippen molar-refractivity contribution in [2.75, 3.05) is 0 Å². The number of hydrogen-bond acceptors (Lipinski definition) is 4. The zero-order chi connectivity index (χ0) is 11.1. The van der Waals surface area contributed by atoms with E-state index in [-0.39, 0.29) is 0 Å². The predicted molar refractivity (Wildman–Crippen MR) is 65.4 cm³/mol. The van der Waals surface area contributed by atoms with Crippen molar-refractivity contribution in [2.24, 2.45) is 21.9 Å². The molecular formula is C12H10N4. The van der Waals surface area contributed by atoms with Crippen LogP contribution in [-0.4, -0.2) is 11.4 Å². The molecule has 78 valence electrons. The minimum absolute atomic E-state index is 0.661. The molecule has 0 saturated carbocycles. The van der Waals surface area contributed by atoms with Crippen LogP contribution in [0.5, 0.6) is 0 Å². The van der Waals surface area contributed by atoms with Gasteiger partial charge in [0.1, 0.15) is 11.4 Å². The highest BCUT2D eigenvalue weighted by atomic mass is 15.2. The average Bonchev–Trinajstić information content (AvgIpc) is 2.65. The van der Waals surface area contributed by atoms with Gasteiger partial charge < -0.3 is 11.7 Å². The van der Waals surface area contributed by atoms with Crippen molar-refractivity contribution in [3.8, 4) is 0 Å². The maximum Gasteiger partial charge on any atom is 0.119 e. The van der Waals surface area contributed by atoms with Crippen LogP contribution >= 0.6 is 0 Å². The van der Waals surface area contributed by atoms with Crippen molar-refractivity contribution < 1.29 is 0 Å². The fourth-order valence-corrected chi connectivity index (χ4v) is 2.25. The molecule has 0 amide bonds. The van der Waals surface area contributed by atoms with Gasteiger partial charge in [0.15, 0.2) is 0 Å². The maximum absolute atomic E-state index is 5.41. The first-order valence-corrected chi connectivity index (χ1v) is 4.95. The van der Waals surface area contributed by atoms with Gasteiger partial charge in [0.05, 0.1) is 0 Å². The van der Waals surface area contributed by atoms with Crippen LogP contribution < -0.4 is 11.7 Å². The highest BCUT2D eigenvalue weighted by Crippen LogP contribution is 2.30. The number of nitrogens with two attached hydrogens (primary N) is 2. The van der Waals surface area contributed by atoms with Gasteiger partial charge in [-0.3, -0.25) is 0 Å². The first-order valence-electron chi connectivity index (χ1n) is 4.95. The second-order valence-corrected chi connectivity index (χ2v) is 3.66.